The molecular formula is C23H32ClN. The summed E-state index contributed by atoms with van der Waals surface area (Å²) in [7, 11) is 2.12. The van der Waals surface area contributed by atoms with Crippen LogP contribution in [0.5, 0.6) is 0 Å². The highest BCUT2D eigenvalue weighted by molar-refractivity contribution is 5.85. The van der Waals surface area contributed by atoms with Gasteiger partial charge in [-0.1, -0.05) is 54.4 Å². The average molecular weight is 358 g/mol. The quantitative estimate of drug-likeness (QED) is 0.547. The summed E-state index contributed by atoms with van der Waals surface area (Å²) in [5.74, 6) is 6.32. The molecule has 0 radical (unpaired) electrons. The van der Waals surface area contributed by atoms with Crippen LogP contribution < -0.4 is 0 Å². The molecule has 25 heavy (non-hydrogen) atoms. The lowest BCUT2D eigenvalue weighted by Crippen LogP contribution is -2.17. The van der Waals surface area contributed by atoms with Crippen molar-refractivity contribution in [2.24, 2.45) is 5.41 Å². The number of rotatable bonds is 6. The maximum Gasteiger partial charge on any atom is 0.0234 e. The lowest BCUT2D eigenvalue weighted by Gasteiger charge is -2.16. The van der Waals surface area contributed by atoms with Gasteiger partial charge in [-0.15, -0.1) is 12.4 Å². The van der Waals surface area contributed by atoms with Gasteiger partial charge in [0.25, 0.3) is 0 Å². The smallest absolute Gasteiger partial charge is 0.0234 e. The van der Waals surface area contributed by atoms with Crippen LogP contribution in [0, 0.1) is 17.3 Å². The minimum atomic E-state index is 0. The third-order valence-corrected chi connectivity index (χ3v) is 3.50. The van der Waals surface area contributed by atoms with Crippen molar-refractivity contribution >= 4 is 23.6 Å². The molecule has 0 heterocycles. The van der Waals surface area contributed by atoms with Crippen LogP contribution in [0.4, 0.5) is 0 Å². The van der Waals surface area contributed by atoms with Gasteiger partial charge in [0.1, 0.15) is 0 Å². The number of halogens is 1. The molecule has 1 aromatic carbocycles. The first-order valence-electron chi connectivity index (χ1n) is 8.40. The van der Waals surface area contributed by atoms with Gasteiger partial charge in [0, 0.05) is 18.5 Å². The second kappa shape index (κ2) is 10.3. The Bertz CT molecular complexity index is 661. The van der Waals surface area contributed by atoms with E-state index in [2.05, 4.69) is 82.0 Å². The van der Waals surface area contributed by atoms with Gasteiger partial charge in [-0.2, -0.15) is 0 Å². The fourth-order valence-electron chi connectivity index (χ4n) is 2.20. The van der Waals surface area contributed by atoms with Crippen LogP contribution >= 0.6 is 12.4 Å². The summed E-state index contributed by atoms with van der Waals surface area (Å²) in [4.78, 5) is 2.27. The first-order valence-corrected chi connectivity index (χ1v) is 8.40. The number of likely N-dealkylation sites (N-methyl/N-ethyl adjacent to an activating group) is 1. The van der Waals surface area contributed by atoms with E-state index in [1.165, 1.54) is 16.7 Å². The molecule has 0 bridgehead atoms. The molecule has 136 valence electrons. The third kappa shape index (κ3) is 9.34. The molecule has 0 N–H and O–H groups in total. The van der Waals surface area contributed by atoms with Crippen molar-refractivity contribution in [3.05, 3.63) is 60.2 Å². The number of nitrogens with zero attached hydrogens (tertiary/aromatic N) is 1. The summed E-state index contributed by atoms with van der Waals surface area (Å²) in [6.45, 7) is 20.3. The first-order chi connectivity index (χ1) is 11.1. The van der Waals surface area contributed by atoms with Gasteiger partial charge in [0.05, 0.1) is 0 Å². The molecule has 1 aromatic rings. The van der Waals surface area contributed by atoms with Gasteiger partial charge >= 0.3 is 0 Å². The molecule has 0 amide bonds. The van der Waals surface area contributed by atoms with Gasteiger partial charge in [-0.25, -0.2) is 0 Å². The summed E-state index contributed by atoms with van der Waals surface area (Å²) in [5, 5.41) is 0. The zero-order chi connectivity index (χ0) is 18.3. The zero-order valence-corrected chi connectivity index (χ0v) is 17.4. The van der Waals surface area contributed by atoms with E-state index in [0.29, 0.717) is 0 Å². The van der Waals surface area contributed by atoms with E-state index in [1.807, 2.05) is 19.9 Å². The van der Waals surface area contributed by atoms with Crippen molar-refractivity contribution in [3.8, 4) is 11.8 Å². The van der Waals surface area contributed by atoms with Crippen molar-refractivity contribution in [1.82, 2.24) is 4.90 Å². The second-order valence-electron chi connectivity index (χ2n) is 7.60. The molecule has 0 aliphatic rings. The highest BCUT2D eigenvalue weighted by Crippen LogP contribution is 2.22. The van der Waals surface area contributed by atoms with E-state index in [4.69, 9.17) is 0 Å². The van der Waals surface area contributed by atoms with E-state index in [-0.39, 0.29) is 17.8 Å². The highest BCUT2D eigenvalue weighted by atomic mass is 35.5. The van der Waals surface area contributed by atoms with Gasteiger partial charge in [0.15, 0.2) is 0 Å². The largest absolute Gasteiger partial charge is 0.298 e. The van der Waals surface area contributed by atoms with Crippen LogP contribution in [-0.4, -0.2) is 18.5 Å². The lowest BCUT2D eigenvalue weighted by molar-refractivity contribution is 0.363. The Morgan fingerprint density at radius 2 is 1.60 bits per heavy atom. The van der Waals surface area contributed by atoms with Gasteiger partial charge in [-0.05, 0) is 70.5 Å². The number of benzene rings is 1. The van der Waals surface area contributed by atoms with Crippen LogP contribution in [0.25, 0.3) is 11.1 Å². The summed E-state index contributed by atoms with van der Waals surface area (Å²) in [6.07, 6.45) is 4.06. The summed E-state index contributed by atoms with van der Waals surface area (Å²) < 4.78 is 0. The summed E-state index contributed by atoms with van der Waals surface area (Å²) in [6, 6.07) is 6.60. The van der Waals surface area contributed by atoms with Gasteiger partial charge < -0.3 is 0 Å². The molecule has 0 aliphatic carbocycles. The molecule has 2 heteroatoms. The normalized spacial score (nSPS) is 11.0. The Morgan fingerprint density at radius 1 is 1.08 bits per heavy atom. The lowest BCUT2D eigenvalue weighted by atomic mass is 9.98. The standard InChI is InChI=1S/C23H31N.ClH/c1-18(2)21-14-20(15-22(16-21)19(3)4)17-24(8)13-11-9-10-12-23(5,6)7;/h9,11,14-16H,1,3,13,17H2,2,4-8H3;1H/b11-9+;. The van der Waals surface area contributed by atoms with Crippen LogP contribution in [0.15, 0.2) is 43.5 Å². The molecule has 0 unspecified atom stereocenters. The van der Waals surface area contributed by atoms with Crippen LogP contribution in [0.2, 0.25) is 0 Å². The second-order valence-corrected chi connectivity index (χ2v) is 7.60. The first kappa shape index (κ1) is 23.2. The van der Waals surface area contributed by atoms with Crippen LogP contribution in [0.3, 0.4) is 0 Å². The van der Waals surface area contributed by atoms with Crippen LogP contribution in [0.1, 0.15) is 51.3 Å². The fourth-order valence-corrected chi connectivity index (χ4v) is 2.20. The van der Waals surface area contributed by atoms with Gasteiger partial charge in [-0.3, -0.25) is 4.90 Å². The van der Waals surface area contributed by atoms with E-state index in [9.17, 15) is 0 Å². The Labute approximate surface area is 160 Å². The monoisotopic (exact) mass is 357 g/mol. The number of hydrogen-bond donors (Lipinski definition) is 0. The van der Waals surface area contributed by atoms with Crippen LogP contribution in [-0.2, 0) is 6.54 Å². The molecule has 0 aromatic heterocycles. The average Bonchev–Trinajstić information content (AvgIpc) is 2.45. The number of allylic oxidation sites excluding steroid dienone is 3. The molecular weight excluding hydrogens is 326 g/mol. The predicted octanol–water partition coefficient (Wildman–Crippen LogP) is 6.21. The molecule has 0 saturated carbocycles. The summed E-state index contributed by atoms with van der Waals surface area (Å²) in [5.41, 5.74) is 5.87. The zero-order valence-electron chi connectivity index (χ0n) is 16.6. The molecule has 0 spiro atoms. The molecule has 0 fully saturated rings. The summed E-state index contributed by atoms with van der Waals surface area (Å²) >= 11 is 0. The Hall–Kier alpha value is -1.75. The van der Waals surface area contributed by atoms with E-state index < -0.39 is 0 Å². The Morgan fingerprint density at radius 3 is 2.04 bits per heavy atom. The van der Waals surface area contributed by atoms with Crippen molar-refractivity contribution in [2.45, 2.75) is 41.2 Å². The minimum absolute atomic E-state index is 0. The third-order valence-electron chi connectivity index (χ3n) is 3.50. The van der Waals surface area contributed by atoms with E-state index in [0.717, 1.165) is 24.2 Å². The SMILES string of the molecule is C=C(C)c1cc(CN(C)C/C=C/C#CC(C)(C)C)cc(C(=C)C)c1.Cl. The van der Waals surface area contributed by atoms with Crippen molar-refractivity contribution in [3.63, 3.8) is 0 Å². The maximum absolute atomic E-state index is 4.07. The van der Waals surface area contributed by atoms with Crippen molar-refractivity contribution < 1.29 is 0 Å². The maximum atomic E-state index is 4.07. The highest BCUT2D eigenvalue weighted by Gasteiger charge is 2.05. The van der Waals surface area contributed by atoms with E-state index >= 15 is 0 Å². The molecule has 1 rings (SSSR count). The molecule has 0 saturated heterocycles. The van der Waals surface area contributed by atoms with Crippen molar-refractivity contribution in [1.29, 1.82) is 0 Å². The fraction of sp³-hybridized carbons (Fsp3) is 0.391. The number of hydrogen-bond acceptors (Lipinski definition) is 1. The van der Waals surface area contributed by atoms with Crippen molar-refractivity contribution in [2.75, 3.05) is 13.6 Å². The molecule has 1 nitrogen and oxygen atoms in total. The molecule has 0 atom stereocenters. The topological polar surface area (TPSA) is 3.24 Å². The molecule has 0 aliphatic heterocycles. The Balaban J connectivity index is 0.00000576. The van der Waals surface area contributed by atoms with Gasteiger partial charge in [0.2, 0.25) is 0 Å². The predicted molar refractivity (Wildman–Crippen MR) is 116 cm³/mol. The Kier molecular flexibility index (Phi) is 9.57. The minimum Gasteiger partial charge on any atom is -0.298 e. The van der Waals surface area contributed by atoms with E-state index in [1.54, 1.807) is 0 Å².